The zero-order valence-electron chi connectivity index (χ0n) is 11.8. The molecule has 1 aromatic heterocycles. The zero-order chi connectivity index (χ0) is 14.4. The Bertz CT molecular complexity index is 556. The van der Waals surface area contributed by atoms with Crippen LogP contribution in [0.15, 0.2) is 24.5 Å². The third-order valence-corrected chi connectivity index (χ3v) is 2.95. The molecule has 1 aromatic carbocycles. The maximum Gasteiger partial charge on any atom is 0.165 e. The van der Waals surface area contributed by atoms with E-state index in [0.29, 0.717) is 18.9 Å². The molecule has 6 heteroatoms. The molecule has 0 fully saturated rings. The van der Waals surface area contributed by atoms with Crippen LogP contribution in [0.3, 0.4) is 0 Å². The Kier molecular flexibility index (Phi) is 5.06. The van der Waals surface area contributed by atoms with Crippen LogP contribution >= 0.6 is 0 Å². The fraction of sp³-hybridized carbons (Fsp3) is 0.429. The second-order valence-corrected chi connectivity index (χ2v) is 4.29. The smallest absolute Gasteiger partial charge is 0.165 e. The van der Waals surface area contributed by atoms with Gasteiger partial charge in [-0.15, -0.1) is 0 Å². The molecule has 1 heterocycles. The first-order chi connectivity index (χ1) is 9.76. The molecular weight excluding hydrogens is 259 g/mol. The van der Waals surface area contributed by atoms with E-state index in [-0.39, 0.29) is 18.2 Å². The SMILES string of the molecule is CCNCc1cccc(F)c1OCc1ncnn1CC. The zero-order valence-corrected chi connectivity index (χ0v) is 11.8. The lowest BCUT2D eigenvalue weighted by Crippen LogP contribution is -2.14. The monoisotopic (exact) mass is 278 g/mol. The van der Waals surface area contributed by atoms with Crippen LogP contribution in [0.5, 0.6) is 5.75 Å². The molecule has 0 bridgehead atoms. The van der Waals surface area contributed by atoms with E-state index in [2.05, 4.69) is 15.4 Å². The van der Waals surface area contributed by atoms with Crippen LogP contribution in [0.25, 0.3) is 0 Å². The minimum atomic E-state index is -0.358. The van der Waals surface area contributed by atoms with Crippen molar-refractivity contribution in [1.29, 1.82) is 0 Å². The minimum absolute atomic E-state index is 0.202. The van der Waals surface area contributed by atoms with Crippen LogP contribution in [-0.4, -0.2) is 21.3 Å². The Labute approximate surface area is 117 Å². The van der Waals surface area contributed by atoms with Gasteiger partial charge in [0.2, 0.25) is 0 Å². The first kappa shape index (κ1) is 14.5. The van der Waals surface area contributed by atoms with Gasteiger partial charge in [0, 0.05) is 18.7 Å². The van der Waals surface area contributed by atoms with Crippen LogP contribution in [0.4, 0.5) is 4.39 Å². The van der Waals surface area contributed by atoms with Crippen molar-refractivity contribution >= 4 is 0 Å². The first-order valence-corrected chi connectivity index (χ1v) is 6.73. The highest BCUT2D eigenvalue weighted by atomic mass is 19.1. The van der Waals surface area contributed by atoms with Gasteiger partial charge in [0.05, 0.1) is 0 Å². The molecule has 0 aliphatic heterocycles. The summed E-state index contributed by atoms with van der Waals surface area (Å²) in [6, 6.07) is 4.93. The van der Waals surface area contributed by atoms with E-state index in [9.17, 15) is 4.39 Å². The maximum absolute atomic E-state index is 13.9. The van der Waals surface area contributed by atoms with Gasteiger partial charge in [0.1, 0.15) is 12.9 Å². The van der Waals surface area contributed by atoms with Gasteiger partial charge in [-0.25, -0.2) is 14.1 Å². The Morgan fingerprint density at radius 2 is 2.20 bits per heavy atom. The Hall–Kier alpha value is -1.95. The van der Waals surface area contributed by atoms with E-state index in [0.717, 1.165) is 12.1 Å². The lowest BCUT2D eigenvalue weighted by atomic mass is 10.2. The van der Waals surface area contributed by atoms with Crippen LogP contribution in [0.2, 0.25) is 0 Å². The van der Waals surface area contributed by atoms with E-state index < -0.39 is 0 Å². The first-order valence-electron chi connectivity index (χ1n) is 6.73. The molecule has 0 saturated carbocycles. The number of nitrogens with zero attached hydrogens (tertiary/aromatic N) is 3. The van der Waals surface area contributed by atoms with Crippen molar-refractivity contribution in [3.8, 4) is 5.75 Å². The standard InChI is InChI=1S/C14H19FN4O/c1-3-16-8-11-6-5-7-12(15)14(11)20-9-13-17-10-18-19(13)4-2/h5-7,10,16H,3-4,8-9H2,1-2H3. The molecule has 0 aliphatic carbocycles. The van der Waals surface area contributed by atoms with Crippen LogP contribution < -0.4 is 10.1 Å². The Balaban J connectivity index is 2.12. The molecule has 0 amide bonds. The molecule has 1 N–H and O–H groups in total. The summed E-state index contributed by atoms with van der Waals surface area (Å²) < 4.78 is 21.2. The van der Waals surface area contributed by atoms with Crippen molar-refractivity contribution in [2.45, 2.75) is 33.5 Å². The van der Waals surface area contributed by atoms with E-state index in [1.54, 1.807) is 10.7 Å². The molecule has 0 unspecified atom stereocenters. The molecule has 20 heavy (non-hydrogen) atoms. The number of ether oxygens (including phenoxy) is 1. The van der Waals surface area contributed by atoms with E-state index in [1.165, 1.54) is 12.4 Å². The predicted octanol–water partition coefficient (Wildman–Crippen LogP) is 2.13. The van der Waals surface area contributed by atoms with Gasteiger partial charge in [-0.1, -0.05) is 19.1 Å². The summed E-state index contributed by atoms with van der Waals surface area (Å²) in [7, 11) is 0. The van der Waals surface area contributed by atoms with E-state index in [1.807, 2.05) is 19.9 Å². The fourth-order valence-corrected chi connectivity index (χ4v) is 1.91. The van der Waals surface area contributed by atoms with Crippen molar-refractivity contribution in [3.63, 3.8) is 0 Å². The van der Waals surface area contributed by atoms with Gasteiger partial charge in [-0.2, -0.15) is 5.10 Å². The van der Waals surface area contributed by atoms with Gasteiger partial charge in [-0.05, 0) is 19.5 Å². The number of rotatable bonds is 7. The van der Waals surface area contributed by atoms with Crippen molar-refractivity contribution in [2.75, 3.05) is 6.54 Å². The van der Waals surface area contributed by atoms with Crippen molar-refractivity contribution < 1.29 is 9.13 Å². The predicted molar refractivity (Wildman–Crippen MR) is 73.8 cm³/mol. The number of nitrogens with one attached hydrogen (secondary N) is 1. The highest BCUT2D eigenvalue weighted by Gasteiger charge is 2.11. The van der Waals surface area contributed by atoms with Gasteiger partial charge < -0.3 is 10.1 Å². The van der Waals surface area contributed by atoms with Crippen molar-refractivity contribution in [1.82, 2.24) is 20.1 Å². The highest BCUT2D eigenvalue weighted by Crippen LogP contribution is 2.23. The van der Waals surface area contributed by atoms with Crippen molar-refractivity contribution in [3.05, 3.63) is 41.7 Å². The lowest BCUT2D eigenvalue weighted by Gasteiger charge is -2.12. The van der Waals surface area contributed by atoms with Gasteiger partial charge in [-0.3, -0.25) is 0 Å². The van der Waals surface area contributed by atoms with E-state index in [4.69, 9.17) is 4.74 Å². The van der Waals surface area contributed by atoms with Gasteiger partial charge in [0.15, 0.2) is 17.4 Å². The van der Waals surface area contributed by atoms with Gasteiger partial charge >= 0.3 is 0 Å². The molecule has 0 aliphatic rings. The van der Waals surface area contributed by atoms with E-state index >= 15 is 0 Å². The minimum Gasteiger partial charge on any atom is -0.482 e. The maximum atomic E-state index is 13.9. The molecule has 5 nitrogen and oxygen atoms in total. The third-order valence-electron chi connectivity index (χ3n) is 2.95. The van der Waals surface area contributed by atoms with Gasteiger partial charge in [0.25, 0.3) is 0 Å². The second kappa shape index (κ2) is 7.00. The van der Waals surface area contributed by atoms with Crippen LogP contribution in [0, 0.1) is 5.82 Å². The summed E-state index contributed by atoms with van der Waals surface area (Å²) in [5.74, 6) is 0.604. The molecule has 0 spiro atoms. The summed E-state index contributed by atoms with van der Waals surface area (Å²) in [5.41, 5.74) is 0.800. The topological polar surface area (TPSA) is 52.0 Å². The Morgan fingerprint density at radius 1 is 1.35 bits per heavy atom. The number of aryl methyl sites for hydroxylation is 1. The summed E-state index contributed by atoms with van der Waals surface area (Å²) in [4.78, 5) is 4.11. The molecule has 0 saturated heterocycles. The lowest BCUT2D eigenvalue weighted by molar-refractivity contribution is 0.270. The van der Waals surface area contributed by atoms with Crippen molar-refractivity contribution in [2.24, 2.45) is 0 Å². The molecule has 2 aromatic rings. The molecular formula is C14H19FN4O. The fourth-order valence-electron chi connectivity index (χ4n) is 1.91. The van der Waals surface area contributed by atoms with Crippen LogP contribution in [-0.2, 0) is 19.7 Å². The summed E-state index contributed by atoms with van der Waals surface area (Å²) >= 11 is 0. The largest absolute Gasteiger partial charge is 0.482 e. The third kappa shape index (κ3) is 3.33. The summed E-state index contributed by atoms with van der Waals surface area (Å²) in [6.45, 7) is 6.28. The van der Waals surface area contributed by atoms with Crippen LogP contribution in [0.1, 0.15) is 25.2 Å². The quantitative estimate of drug-likeness (QED) is 0.843. The number of hydrogen-bond acceptors (Lipinski definition) is 4. The molecule has 0 atom stereocenters. The molecule has 108 valence electrons. The number of halogens is 1. The average Bonchev–Trinajstić information content (AvgIpc) is 2.91. The summed E-state index contributed by atoms with van der Waals surface area (Å²) in [6.07, 6.45) is 1.48. The second-order valence-electron chi connectivity index (χ2n) is 4.29. The summed E-state index contributed by atoms with van der Waals surface area (Å²) in [5, 5.41) is 7.23. The highest BCUT2D eigenvalue weighted by molar-refractivity contribution is 5.35. The number of benzene rings is 1. The average molecular weight is 278 g/mol. The number of aromatic nitrogens is 3. The molecule has 2 rings (SSSR count). The normalized spacial score (nSPS) is 10.8. The number of hydrogen-bond donors (Lipinski definition) is 1. The Morgan fingerprint density at radius 3 is 2.95 bits per heavy atom. The number of para-hydroxylation sites is 1. The molecule has 0 radical (unpaired) electrons.